The summed E-state index contributed by atoms with van der Waals surface area (Å²) in [4.78, 5) is 15.7. The van der Waals surface area contributed by atoms with E-state index in [-0.39, 0.29) is 5.91 Å². The first-order chi connectivity index (χ1) is 11.3. The molecule has 0 radical (unpaired) electrons. The number of benzene rings is 2. The molecule has 4 rings (SSSR count). The summed E-state index contributed by atoms with van der Waals surface area (Å²) in [5.74, 6) is 0.719. The van der Waals surface area contributed by atoms with Gasteiger partial charge in [0.2, 0.25) is 5.91 Å². The molecular weight excluding hydrogens is 284 g/mol. The van der Waals surface area contributed by atoms with Gasteiger partial charge in [-0.05, 0) is 43.0 Å². The number of carbonyl (C=O) groups is 1. The van der Waals surface area contributed by atoms with Gasteiger partial charge in [-0.1, -0.05) is 37.5 Å². The number of rotatable bonds is 3. The highest BCUT2D eigenvalue weighted by atomic mass is 16.1. The lowest BCUT2D eigenvalue weighted by Gasteiger charge is -2.20. The van der Waals surface area contributed by atoms with Crippen molar-refractivity contribution in [3.8, 4) is 0 Å². The number of anilines is 1. The second kappa shape index (κ2) is 6.07. The highest BCUT2D eigenvalue weighted by Crippen LogP contribution is 2.29. The van der Waals surface area contributed by atoms with Gasteiger partial charge in [0.05, 0.1) is 0 Å². The van der Waals surface area contributed by atoms with E-state index in [4.69, 9.17) is 0 Å². The number of amides is 1. The van der Waals surface area contributed by atoms with Crippen molar-refractivity contribution < 1.29 is 4.79 Å². The SMILES string of the molecule is O=C(CC1CCCCC1)Nc1ccc2[nH]c3ccccc3c2c1. The van der Waals surface area contributed by atoms with Crippen molar-refractivity contribution in [1.29, 1.82) is 0 Å². The van der Waals surface area contributed by atoms with E-state index in [1.54, 1.807) is 0 Å². The van der Waals surface area contributed by atoms with E-state index < -0.39 is 0 Å². The lowest BCUT2D eigenvalue weighted by molar-refractivity contribution is -0.117. The molecule has 1 saturated carbocycles. The predicted octanol–water partition coefficient (Wildman–Crippen LogP) is 5.23. The zero-order valence-electron chi connectivity index (χ0n) is 13.3. The van der Waals surface area contributed by atoms with Crippen LogP contribution in [-0.2, 0) is 4.79 Å². The van der Waals surface area contributed by atoms with Crippen LogP contribution in [0, 0.1) is 5.92 Å². The first-order valence-corrected chi connectivity index (χ1v) is 8.60. The summed E-state index contributed by atoms with van der Waals surface area (Å²) in [6.07, 6.45) is 6.95. The Labute approximate surface area is 136 Å². The maximum Gasteiger partial charge on any atom is 0.224 e. The van der Waals surface area contributed by atoms with Gasteiger partial charge in [-0.15, -0.1) is 0 Å². The fraction of sp³-hybridized carbons (Fsp3) is 0.350. The third kappa shape index (κ3) is 2.96. The van der Waals surface area contributed by atoms with Crippen LogP contribution in [0.4, 0.5) is 5.69 Å². The molecule has 0 unspecified atom stereocenters. The third-order valence-electron chi connectivity index (χ3n) is 4.99. The zero-order valence-corrected chi connectivity index (χ0v) is 13.3. The Morgan fingerprint density at radius 2 is 1.78 bits per heavy atom. The van der Waals surface area contributed by atoms with Gasteiger partial charge < -0.3 is 10.3 Å². The molecule has 0 atom stereocenters. The highest BCUT2D eigenvalue weighted by molar-refractivity contribution is 6.09. The number of carbonyl (C=O) groups excluding carboxylic acids is 1. The van der Waals surface area contributed by atoms with E-state index in [9.17, 15) is 4.79 Å². The van der Waals surface area contributed by atoms with Crippen molar-refractivity contribution >= 4 is 33.4 Å². The van der Waals surface area contributed by atoms with Crippen LogP contribution in [0.1, 0.15) is 38.5 Å². The minimum Gasteiger partial charge on any atom is -0.355 e. The molecule has 2 N–H and O–H groups in total. The second-order valence-corrected chi connectivity index (χ2v) is 6.69. The average Bonchev–Trinajstić information content (AvgIpc) is 2.94. The predicted molar refractivity (Wildman–Crippen MR) is 95.6 cm³/mol. The number of para-hydroxylation sites is 1. The maximum atomic E-state index is 12.3. The molecule has 1 aliphatic carbocycles. The monoisotopic (exact) mass is 306 g/mol. The van der Waals surface area contributed by atoms with Gasteiger partial charge in [-0.25, -0.2) is 0 Å². The maximum absolute atomic E-state index is 12.3. The van der Waals surface area contributed by atoms with Crippen LogP contribution in [0.3, 0.4) is 0 Å². The Hall–Kier alpha value is -2.29. The van der Waals surface area contributed by atoms with Crippen LogP contribution < -0.4 is 5.32 Å². The molecule has 1 heterocycles. The summed E-state index contributed by atoms with van der Waals surface area (Å²) >= 11 is 0. The van der Waals surface area contributed by atoms with Gasteiger partial charge in [0.25, 0.3) is 0 Å². The normalized spacial score (nSPS) is 16.0. The average molecular weight is 306 g/mol. The quantitative estimate of drug-likeness (QED) is 0.683. The smallest absolute Gasteiger partial charge is 0.224 e. The van der Waals surface area contributed by atoms with Crippen LogP contribution >= 0.6 is 0 Å². The molecule has 3 nitrogen and oxygen atoms in total. The van der Waals surface area contributed by atoms with Gasteiger partial charge >= 0.3 is 0 Å². The number of fused-ring (bicyclic) bond motifs is 3. The van der Waals surface area contributed by atoms with Crippen LogP contribution in [0.5, 0.6) is 0 Å². The molecule has 1 aliphatic rings. The van der Waals surface area contributed by atoms with Crippen LogP contribution in [0.15, 0.2) is 42.5 Å². The van der Waals surface area contributed by atoms with Gasteiger partial charge in [-0.3, -0.25) is 4.79 Å². The van der Waals surface area contributed by atoms with Crippen molar-refractivity contribution in [2.45, 2.75) is 38.5 Å². The van der Waals surface area contributed by atoms with Gasteiger partial charge in [-0.2, -0.15) is 0 Å². The number of hydrogen-bond donors (Lipinski definition) is 2. The third-order valence-corrected chi connectivity index (χ3v) is 4.99. The fourth-order valence-electron chi connectivity index (χ4n) is 3.79. The van der Waals surface area contributed by atoms with E-state index in [0.29, 0.717) is 12.3 Å². The molecule has 0 bridgehead atoms. The second-order valence-electron chi connectivity index (χ2n) is 6.69. The summed E-state index contributed by atoms with van der Waals surface area (Å²) in [5.41, 5.74) is 3.13. The van der Waals surface area contributed by atoms with Gasteiger partial charge in [0, 0.05) is 33.9 Å². The Kier molecular flexibility index (Phi) is 3.78. The summed E-state index contributed by atoms with van der Waals surface area (Å²) in [6, 6.07) is 14.4. The fourth-order valence-corrected chi connectivity index (χ4v) is 3.79. The van der Waals surface area contributed by atoms with Crippen LogP contribution in [-0.4, -0.2) is 10.9 Å². The molecule has 3 heteroatoms. The van der Waals surface area contributed by atoms with E-state index >= 15 is 0 Å². The molecular formula is C20H22N2O. The van der Waals surface area contributed by atoms with Gasteiger partial charge in [0.1, 0.15) is 0 Å². The Balaban J connectivity index is 1.54. The first kappa shape index (κ1) is 14.3. The van der Waals surface area contributed by atoms with Crippen LogP contribution in [0.25, 0.3) is 21.8 Å². The Bertz CT molecular complexity index is 843. The minimum atomic E-state index is 0.149. The van der Waals surface area contributed by atoms with Gasteiger partial charge in [0.15, 0.2) is 0 Å². The number of aromatic nitrogens is 1. The Morgan fingerprint density at radius 1 is 1.00 bits per heavy atom. The first-order valence-electron chi connectivity index (χ1n) is 8.60. The molecule has 0 saturated heterocycles. The number of nitrogens with one attached hydrogen (secondary N) is 2. The standard InChI is InChI=1S/C20H22N2O/c23-20(12-14-6-2-1-3-7-14)21-15-10-11-19-17(13-15)16-8-4-5-9-18(16)22-19/h4-5,8-11,13-14,22H,1-3,6-7,12H2,(H,21,23). The topological polar surface area (TPSA) is 44.9 Å². The molecule has 1 amide bonds. The molecule has 1 aromatic heterocycles. The van der Waals surface area contributed by atoms with E-state index in [1.165, 1.54) is 37.5 Å². The molecule has 0 aliphatic heterocycles. The molecule has 2 aromatic carbocycles. The van der Waals surface area contributed by atoms with E-state index in [0.717, 1.165) is 22.1 Å². The van der Waals surface area contributed by atoms with Crippen molar-refractivity contribution in [3.63, 3.8) is 0 Å². The lowest BCUT2D eigenvalue weighted by atomic mass is 9.87. The summed E-state index contributed by atoms with van der Waals surface area (Å²) < 4.78 is 0. The van der Waals surface area contributed by atoms with E-state index in [1.807, 2.05) is 24.3 Å². The molecule has 3 aromatic rings. The van der Waals surface area contributed by atoms with Crippen molar-refractivity contribution in [1.82, 2.24) is 4.98 Å². The summed E-state index contributed by atoms with van der Waals surface area (Å²) in [5, 5.41) is 5.45. The lowest BCUT2D eigenvalue weighted by Crippen LogP contribution is -2.18. The minimum absolute atomic E-state index is 0.149. The van der Waals surface area contributed by atoms with Crippen molar-refractivity contribution in [2.75, 3.05) is 5.32 Å². The van der Waals surface area contributed by atoms with Crippen molar-refractivity contribution in [2.24, 2.45) is 5.92 Å². The number of aromatic amines is 1. The summed E-state index contributed by atoms with van der Waals surface area (Å²) in [7, 11) is 0. The molecule has 118 valence electrons. The zero-order chi connectivity index (χ0) is 15.6. The van der Waals surface area contributed by atoms with E-state index in [2.05, 4.69) is 28.5 Å². The summed E-state index contributed by atoms with van der Waals surface area (Å²) in [6.45, 7) is 0. The Morgan fingerprint density at radius 3 is 2.65 bits per heavy atom. The number of H-pyrrole nitrogens is 1. The van der Waals surface area contributed by atoms with Crippen LogP contribution in [0.2, 0.25) is 0 Å². The molecule has 1 fully saturated rings. The van der Waals surface area contributed by atoms with Crippen molar-refractivity contribution in [3.05, 3.63) is 42.5 Å². The largest absolute Gasteiger partial charge is 0.355 e. The number of hydrogen-bond acceptors (Lipinski definition) is 1. The highest BCUT2D eigenvalue weighted by Gasteiger charge is 2.17. The molecule has 0 spiro atoms. The molecule has 23 heavy (non-hydrogen) atoms.